The molecule has 114 valence electrons. The van der Waals surface area contributed by atoms with Crippen molar-refractivity contribution in [3.8, 4) is 0 Å². The second-order valence-electron chi connectivity index (χ2n) is 5.29. The van der Waals surface area contributed by atoms with Crippen LogP contribution >= 0.6 is 0 Å². The van der Waals surface area contributed by atoms with E-state index in [1.165, 1.54) is 0 Å². The van der Waals surface area contributed by atoms with E-state index in [1.807, 2.05) is 30.3 Å². The minimum atomic E-state index is -0.375. The van der Waals surface area contributed by atoms with Crippen molar-refractivity contribution < 1.29 is 4.79 Å². The topological polar surface area (TPSA) is 75.4 Å². The van der Waals surface area contributed by atoms with Crippen molar-refractivity contribution in [2.24, 2.45) is 5.73 Å². The van der Waals surface area contributed by atoms with Gasteiger partial charge in [0, 0.05) is 38.6 Å². The highest BCUT2D eigenvalue weighted by Crippen LogP contribution is 2.22. The zero-order valence-corrected chi connectivity index (χ0v) is 12.3. The number of nitrogens with two attached hydrogens (primary N) is 1. The maximum atomic E-state index is 11.9. The number of anilines is 1. The number of piperazine rings is 1. The zero-order chi connectivity index (χ0) is 15.4. The summed E-state index contributed by atoms with van der Waals surface area (Å²) in [5.74, 6) is 0.424. The Balaban J connectivity index is 1.70. The minimum absolute atomic E-state index is 0.310. The van der Waals surface area contributed by atoms with Crippen molar-refractivity contribution >= 4 is 11.9 Å². The van der Waals surface area contributed by atoms with Gasteiger partial charge in [-0.15, -0.1) is 0 Å². The smallest absolute Gasteiger partial charge is 0.239 e. The number of rotatable bonds is 4. The Bertz CT molecular complexity index is 611. The molecule has 1 aliphatic heterocycles. The number of nitrogens with zero attached hydrogens (tertiary/aromatic N) is 4. The summed E-state index contributed by atoms with van der Waals surface area (Å²) >= 11 is 0. The van der Waals surface area contributed by atoms with Crippen molar-refractivity contribution in [3.63, 3.8) is 0 Å². The van der Waals surface area contributed by atoms with Crippen LogP contribution in [0.5, 0.6) is 0 Å². The number of amides is 1. The molecular weight excluding hydrogens is 278 g/mol. The molecule has 1 amide bonds. The van der Waals surface area contributed by atoms with Gasteiger partial charge in [-0.2, -0.15) is 0 Å². The van der Waals surface area contributed by atoms with Gasteiger partial charge in [-0.3, -0.25) is 9.69 Å². The molecule has 1 atom stereocenters. The van der Waals surface area contributed by atoms with Crippen LogP contribution in [0.4, 0.5) is 5.95 Å². The standard InChI is InChI=1S/C16H19N5O/c17-15(22)14(13-5-2-1-3-6-13)20-9-11-21(12-10-20)16-18-7-4-8-19-16/h1-8,14H,9-12H2,(H2,17,22). The fourth-order valence-corrected chi connectivity index (χ4v) is 2.83. The number of carbonyl (C=O) groups excluding carboxylic acids is 1. The van der Waals surface area contributed by atoms with Crippen LogP contribution in [-0.2, 0) is 4.79 Å². The maximum Gasteiger partial charge on any atom is 0.239 e. The molecule has 1 aromatic carbocycles. The molecule has 1 aliphatic rings. The third-order valence-corrected chi connectivity index (χ3v) is 3.90. The van der Waals surface area contributed by atoms with E-state index in [0.29, 0.717) is 0 Å². The van der Waals surface area contributed by atoms with Gasteiger partial charge in [0.15, 0.2) is 0 Å². The molecule has 0 radical (unpaired) electrons. The molecule has 1 fully saturated rings. The molecular formula is C16H19N5O. The Labute approximate surface area is 129 Å². The monoisotopic (exact) mass is 297 g/mol. The van der Waals surface area contributed by atoms with Crippen molar-refractivity contribution in [1.82, 2.24) is 14.9 Å². The summed E-state index contributed by atoms with van der Waals surface area (Å²) in [4.78, 5) is 24.7. The third kappa shape index (κ3) is 3.07. The molecule has 3 rings (SSSR count). The largest absolute Gasteiger partial charge is 0.368 e. The van der Waals surface area contributed by atoms with Crippen LogP contribution in [0, 0.1) is 0 Å². The van der Waals surface area contributed by atoms with Gasteiger partial charge in [-0.25, -0.2) is 9.97 Å². The van der Waals surface area contributed by atoms with Crippen LogP contribution < -0.4 is 10.6 Å². The first kappa shape index (κ1) is 14.5. The number of hydrogen-bond acceptors (Lipinski definition) is 5. The summed E-state index contributed by atoms with van der Waals surface area (Å²) in [5.41, 5.74) is 6.57. The lowest BCUT2D eigenvalue weighted by Crippen LogP contribution is -2.50. The molecule has 22 heavy (non-hydrogen) atoms. The van der Waals surface area contributed by atoms with Gasteiger partial charge < -0.3 is 10.6 Å². The summed E-state index contributed by atoms with van der Waals surface area (Å²) in [6, 6.07) is 11.1. The molecule has 0 spiro atoms. The number of carbonyl (C=O) groups is 1. The van der Waals surface area contributed by atoms with E-state index in [2.05, 4.69) is 19.8 Å². The highest BCUT2D eigenvalue weighted by Gasteiger charge is 2.29. The lowest BCUT2D eigenvalue weighted by molar-refractivity contribution is -0.123. The Kier molecular flexibility index (Phi) is 4.29. The molecule has 1 aromatic heterocycles. The van der Waals surface area contributed by atoms with Gasteiger partial charge in [0.05, 0.1) is 0 Å². The molecule has 0 aliphatic carbocycles. The molecule has 2 heterocycles. The maximum absolute atomic E-state index is 11.9. The normalized spacial score (nSPS) is 17.2. The summed E-state index contributed by atoms with van der Waals surface area (Å²) in [7, 11) is 0. The molecule has 0 saturated carbocycles. The van der Waals surface area contributed by atoms with Crippen LogP contribution in [0.25, 0.3) is 0 Å². The summed E-state index contributed by atoms with van der Waals surface area (Å²) in [5, 5.41) is 0. The van der Waals surface area contributed by atoms with Gasteiger partial charge >= 0.3 is 0 Å². The van der Waals surface area contributed by atoms with Crippen LogP contribution in [0.2, 0.25) is 0 Å². The first-order valence-electron chi connectivity index (χ1n) is 7.36. The van der Waals surface area contributed by atoms with E-state index < -0.39 is 0 Å². The van der Waals surface area contributed by atoms with Gasteiger partial charge in [-0.1, -0.05) is 30.3 Å². The second-order valence-corrected chi connectivity index (χ2v) is 5.29. The minimum Gasteiger partial charge on any atom is -0.368 e. The van der Waals surface area contributed by atoms with Gasteiger partial charge in [-0.05, 0) is 11.6 Å². The van der Waals surface area contributed by atoms with Crippen molar-refractivity contribution in [3.05, 3.63) is 54.4 Å². The number of hydrogen-bond donors (Lipinski definition) is 1. The van der Waals surface area contributed by atoms with Gasteiger partial charge in [0.2, 0.25) is 11.9 Å². The fraction of sp³-hybridized carbons (Fsp3) is 0.312. The molecule has 6 heteroatoms. The van der Waals surface area contributed by atoms with Crippen LogP contribution in [0.3, 0.4) is 0 Å². The van der Waals surface area contributed by atoms with Crippen molar-refractivity contribution in [1.29, 1.82) is 0 Å². The summed E-state index contributed by atoms with van der Waals surface area (Å²) < 4.78 is 0. The third-order valence-electron chi connectivity index (χ3n) is 3.90. The Morgan fingerprint density at radius 2 is 1.64 bits per heavy atom. The molecule has 6 nitrogen and oxygen atoms in total. The van der Waals surface area contributed by atoms with E-state index in [4.69, 9.17) is 5.73 Å². The van der Waals surface area contributed by atoms with Crippen molar-refractivity contribution in [2.75, 3.05) is 31.1 Å². The van der Waals surface area contributed by atoms with Gasteiger partial charge in [0.1, 0.15) is 6.04 Å². The molecule has 2 aromatic rings. The van der Waals surface area contributed by atoms with E-state index in [9.17, 15) is 4.79 Å². The van der Waals surface area contributed by atoms with Crippen LogP contribution in [0.1, 0.15) is 11.6 Å². The predicted molar refractivity (Wildman–Crippen MR) is 84.2 cm³/mol. The molecule has 1 saturated heterocycles. The highest BCUT2D eigenvalue weighted by molar-refractivity contribution is 5.81. The number of benzene rings is 1. The first-order chi connectivity index (χ1) is 10.8. The second kappa shape index (κ2) is 6.53. The average Bonchev–Trinajstić information content (AvgIpc) is 2.57. The molecule has 0 bridgehead atoms. The van der Waals surface area contributed by atoms with E-state index >= 15 is 0 Å². The fourth-order valence-electron chi connectivity index (χ4n) is 2.83. The quantitative estimate of drug-likeness (QED) is 0.904. The van der Waals surface area contributed by atoms with E-state index in [0.717, 1.165) is 37.7 Å². The summed E-state index contributed by atoms with van der Waals surface area (Å²) in [6.45, 7) is 3.06. The molecule has 2 N–H and O–H groups in total. The average molecular weight is 297 g/mol. The van der Waals surface area contributed by atoms with E-state index in [-0.39, 0.29) is 11.9 Å². The zero-order valence-electron chi connectivity index (χ0n) is 12.3. The molecule has 1 unspecified atom stereocenters. The predicted octanol–water partition coefficient (Wildman–Crippen LogP) is 0.825. The van der Waals surface area contributed by atoms with Gasteiger partial charge in [0.25, 0.3) is 0 Å². The number of primary amides is 1. The Hall–Kier alpha value is -2.47. The highest BCUT2D eigenvalue weighted by atomic mass is 16.1. The lowest BCUT2D eigenvalue weighted by atomic mass is 10.0. The van der Waals surface area contributed by atoms with Crippen LogP contribution in [0.15, 0.2) is 48.8 Å². The summed E-state index contributed by atoms with van der Waals surface area (Å²) in [6.07, 6.45) is 3.48. The van der Waals surface area contributed by atoms with Crippen molar-refractivity contribution in [2.45, 2.75) is 6.04 Å². The SMILES string of the molecule is NC(=O)C(c1ccccc1)N1CCN(c2ncccn2)CC1. The number of aromatic nitrogens is 2. The Morgan fingerprint density at radius 1 is 1.00 bits per heavy atom. The first-order valence-corrected chi connectivity index (χ1v) is 7.36. The lowest BCUT2D eigenvalue weighted by Gasteiger charge is -2.38. The van der Waals surface area contributed by atoms with E-state index in [1.54, 1.807) is 18.5 Å². The van der Waals surface area contributed by atoms with Crippen LogP contribution in [-0.4, -0.2) is 47.0 Å². The Morgan fingerprint density at radius 3 is 2.23 bits per heavy atom.